The largest absolute Gasteiger partial charge is 0.351 e. The number of aryl methyl sites for hydroxylation is 1. The van der Waals surface area contributed by atoms with Crippen LogP contribution < -0.4 is 0 Å². The molecule has 0 aliphatic heterocycles. The van der Waals surface area contributed by atoms with E-state index in [0.29, 0.717) is 0 Å². The van der Waals surface area contributed by atoms with Gasteiger partial charge in [0.15, 0.2) is 5.78 Å². The van der Waals surface area contributed by atoms with Crippen molar-refractivity contribution in [2.75, 3.05) is 0 Å². The highest BCUT2D eigenvalue weighted by molar-refractivity contribution is 9.10. The van der Waals surface area contributed by atoms with E-state index in [1.807, 2.05) is 38.5 Å². The number of alkyl halides is 1. The number of rotatable bonds is 2. The molecule has 1 unspecified atom stereocenters. The number of Topliss-reactive ketones (excluding diaryl/α,β-unsaturated/α-hetero) is 1. The quantitative estimate of drug-likeness (QED) is 0.579. The van der Waals surface area contributed by atoms with Crippen molar-refractivity contribution in [2.45, 2.75) is 25.6 Å². The molecule has 1 rings (SSSR count). The summed E-state index contributed by atoms with van der Waals surface area (Å²) in [4.78, 5) is 11.6. The minimum atomic E-state index is -0.104. The molecule has 0 saturated heterocycles. The lowest BCUT2D eigenvalue weighted by molar-refractivity contribution is 0.0995. The van der Waals surface area contributed by atoms with Gasteiger partial charge in [0, 0.05) is 24.0 Å². The van der Waals surface area contributed by atoms with Gasteiger partial charge in [0.25, 0.3) is 0 Å². The van der Waals surface area contributed by atoms with Gasteiger partial charge in [-0.15, -0.1) is 0 Å². The Morgan fingerprint density at radius 1 is 1.54 bits per heavy atom. The maximum Gasteiger partial charge on any atom is 0.177 e. The summed E-state index contributed by atoms with van der Waals surface area (Å²) in [5.41, 5.74) is 2.98. The Hall–Kier alpha value is -0.570. The monoisotopic (exact) mass is 243 g/mol. The second-order valence-electron chi connectivity index (χ2n) is 3.32. The SMILES string of the molecule is Cc1cc(C(=O)C(C)Br)c(C)n1C. The molecular formula is C10H14BrNO. The standard InChI is InChI=1S/C10H14BrNO/c1-6-5-9(8(3)12(6)4)10(13)7(2)11/h5,7H,1-4H3. The molecule has 0 radical (unpaired) electrons. The van der Waals surface area contributed by atoms with Gasteiger partial charge in [-0.2, -0.15) is 0 Å². The summed E-state index contributed by atoms with van der Waals surface area (Å²) >= 11 is 3.29. The van der Waals surface area contributed by atoms with Crippen LogP contribution in [0.4, 0.5) is 0 Å². The lowest BCUT2D eigenvalue weighted by Gasteiger charge is -2.03. The first kappa shape index (κ1) is 10.5. The van der Waals surface area contributed by atoms with Gasteiger partial charge in [-0.3, -0.25) is 4.79 Å². The minimum Gasteiger partial charge on any atom is -0.351 e. The summed E-state index contributed by atoms with van der Waals surface area (Å²) in [6.45, 7) is 5.82. The third-order valence-electron chi connectivity index (χ3n) is 2.40. The van der Waals surface area contributed by atoms with Gasteiger partial charge in [-0.1, -0.05) is 15.9 Å². The minimum absolute atomic E-state index is 0.104. The molecule has 2 nitrogen and oxygen atoms in total. The van der Waals surface area contributed by atoms with Gasteiger partial charge in [0.05, 0.1) is 4.83 Å². The van der Waals surface area contributed by atoms with Crippen LogP contribution in [-0.4, -0.2) is 15.2 Å². The highest BCUT2D eigenvalue weighted by Crippen LogP contribution is 2.17. The molecule has 0 fully saturated rings. The summed E-state index contributed by atoms with van der Waals surface area (Å²) in [6.07, 6.45) is 0. The van der Waals surface area contributed by atoms with Crippen molar-refractivity contribution in [3.05, 3.63) is 23.0 Å². The third kappa shape index (κ3) is 1.85. The Morgan fingerprint density at radius 2 is 2.08 bits per heavy atom. The fourth-order valence-electron chi connectivity index (χ4n) is 1.32. The number of hydrogen-bond donors (Lipinski definition) is 0. The summed E-state index contributed by atoms with van der Waals surface area (Å²) in [7, 11) is 1.97. The molecule has 0 aliphatic rings. The molecule has 0 aromatic carbocycles. The highest BCUT2D eigenvalue weighted by atomic mass is 79.9. The van der Waals surface area contributed by atoms with E-state index in [0.717, 1.165) is 17.0 Å². The Kier molecular flexibility index (Phi) is 2.96. The van der Waals surface area contributed by atoms with E-state index in [4.69, 9.17) is 0 Å². The maximum absolute atomic E-state index is 11.7. The molecule has 0 spiro atoms. The van der Waals surface area contributed by atoms with Crippen LogP contribution in [0.25, 0.3) is 0 Å². The smallest absolute Gasteiger partial charge is 0.177 e. The van der Waals surface area contributed by atoms with E-state index in [1.54, 1.807) is 0 Å². The lowest BCUT2D eigenvalue weighted by atomic mass is 10.1. The highest BCUT2D eigenvalue weighted by Gasteiger charge is 2.17. The third-order valence-corrected chi connectivity index (χ3v) is 2.82. The molecule has 0 saturated carbocycles. The van der Waals surface area contributed by atoms with Crippen molar-refractivity contribution < 1.29 is 4.79 Å². The zero-order chi connectivity index (χ0) is 10.2. The molecule has 72 valence electrons. The van der Waals surface area contributed by atoms with Crippen LogP contribution in [0, 0.1) is 13.8 Å². The molecule has 0 bridgehead atoms. The van der Waals surface area contributed by atoms with Crippen LogP contribution in [-0.2, 0) is 7.05 Å². The zero-order valence-electron chi connectivity index (χ0n) is 8.39. The van der Waals surface area contributed by atoms with Gasteiger partial charge >= 0.3 is 0 Å². The number of hydrogen-bond acceptors (Lipinski definition) is 1. The first-order valence-corrected chi connectivity index (χ1v) is 5.18. The fourth-order valence-corrected chi connectivity index (χ4v) is 1.57. The number of ketones is 1. The van der Waals surface area contributed by atoms with Crippen molar-refractivity contribution in [3.8, 4) is 0 Å². The molecule has 1 aromatic heterocycles. The molecule has 0 N–H and O–H groups in total. The molecule has 13 heavy (non-hydrogen) atoms. The lowest BCUT2D eigenvalue weighted by Crippen LogP contribution is -2.10. The van der Waals surface area contributed by atoms with E-state index < -0.39 is 0 Å². The fraction of sp³-hybridized carbons (Fsp3) is 0.500. The first-order chi connectivity index (χ1) is 5.95. The summed E-state index contributed by atoms with van der Waals surface area (Å²) in [6, 6.07) is 1.94. The van der Waals surface area contributed by atoms with Gasteiger partial charge in [0.1, 0.15) is 0 Å². The second kappa shape index (κ2) is 3.66. The van der Waals surface area contributed by atoms with Crippen molar-refractivity contribution in [3.63, 3.8) is 0 Å². The molecule has 0 aliphatic carbocycles. The van der Waals surface area contributed by atoms with Gasteiger partial charge < -0.3 is 4.57 Å². The van der Waals surface area contributed by atoms with Crippen LogP contribution in [0.1, 0.15) is 28.7 Å². The van der Waals surface area contributed by atoms with E-state index in [-0.39, 0.29) is 10.6 Å². The van der Waals surface area contributed by atoms with Gasteiger partial charge in [-0.05, 0) is 26.8 Å². The van der Waals surface area contributed by atoms with Crippen molar-refractivity contribution in [2.24, 2.45) is 7.05 Å². The van der Waals surface area contributed by atoms with E-state index in [2.05, 4.69) is 15.9 Å². The predicted molar refractivity (Wildman–Crippen MR) is 57.6 cm³/mol. The maximum atomic E-state index is 11.7. The molecule has 3 heteroatoms. The van der Waals surface area contributed by atoms with Crippen molar-refractivity contribution in [1.29, 1.82) is 0 Å². The van der Waals surface area contributed by atoms with Crippen LogP contribution in [0.3, 0.4) is 0 Å². The van der Waals surface area contributed by atoms with E-state index in [1.165, 1.54) is 0 Å². The summed E-state index contributed by atoms with van der Waals surface area (Å²) in [5.74, 6) is 0.154. The summed E-state index contributed by atoms with van der Waals surface area (Å²) in [5, 5.41) is 0. The molecule has 1 heterocycles. The Balaban J connectivity index is 3.16. The molecular weight excluding hydrogens is 230 g/mol. The number of carbonyl (C=O) groups is 1. The molecule has 1 atom stereocenters. The molecule has 0 amide bonds. The van der Waals surface area contributed by atoms with Crippen molar-refractivity contribution >= 4 is 21.7 Å². The zero-order valence-corrected chi connectivity index (χ0v) is 9.97. The van der Waals surface area contributed by atoms with Crippen LogP contribution >= 0.6 is 15.9 Å². The topological polar surface area (TPSA) is 22.0 Å². The van der Waals surface area contributed by atoms with Crippen molar-refractivity contribution in [1.82, 2.24) is 4.57 Å². The Morgan fingerprint density at radius 3 is 2.38 bits per heavy atom. The van der Waals surface area contributed by atoms with E-state index >= 15 is 0 Å². The summed E-state index contributed by atoms with van der Waals surface area (Å²) < 4.78 is 2.03. The Bertz CT molecular complexity index is 339. The predicted octanol–water partition coefficient (Wildman–Crippen LogP) is 2.61. The van der Waals surface area contributed by atoms with E-state index in [9.17, 15) is 4.79 Å². The number of carbonyl (C=O) groups excluding carboxylic acids is 1. The number of aromatic nitrogens is 1. The Labute approximate surface area is 87.1 Å². The number of nitrogens with zero attached hydrogens (tertiary/aromatic N) is 1. The van der Waals surface area contributed by atoms with Crippen LogP contribution in [0.15, 0.2) is 6.07 Å². The second-order valence-corrected chi connectivity index (χ2v) is 4.70. The van der Waals surface area contributed by atoms with Gasteiger partial charge in [-0.25, -0.2) is 0 Å². The average molecular weight is 244 g/mol. The normalized spacial score (nSPS) is 13.0. The average Bonchev–Trinajstić information content (AvgIpc) is 2.31. The molecule has 1 aromatic rings. The number of halogens is 1. The van der Waals surface area contributed by atoms with Crippen LogP contribution in [0.2, 0.25) is 0 Å². The van der Waals surface area contributed by atoms with Crippen LogP contribution in [0.5, 0.6) is 0 Å². The van der Waals surface area contributed by atoms with Gasteiger partial charge in [0.2, 0.25) is 0 Å². The first-order valence-electron chi connectivity index (χ1n) is 4.26.